The molecule has 0 aromatic rings. The fraction of sp³-hybridized carbons (Fsp3) is 0.750. The van der Waals surface area contributed by atoms with Crippen LogP contribution >= 0.6 is 0 Å². The topological polar surface area (TPSA) is 54.4 Å². The summed E-state index contributed by atoms with van der Waals surface area (Å²) >= 11 is 0. The Morgan fingerprint density at radius 2 is 1.91 bits per heavy atom. The van der Waals surface area contributed by atoms with Crippen molar-refractivity contribution in [2.75, 3.05) is 0 Å². The minimum absolute atomic E-state index is 0.209. The van der Waals surface area contributed by atoms with Gasteiger partial charge in [-0.3, -0.25) is 9.59 Å². The summed E-state index contributed by atoms with van der Waals surface area (Å²) in [5.74, 6) is -1.24. The molecule has 0 aliphatic carbocycles. The summed E-state index contributed by atoms with van der Waals surface area (Å²) in [6, 6.07) is 0. The smallest absolute Gasteiger partial charge is 0.316 e. The normalized spacial score (nSPS) is 12.6. The number of carboxylic acid groups (broad SMARTS) is 1. The average Bonchev–Trinajstić information content (AvgIpc) is 2.01. The van der Waals surface area contributed by atoms with Gasteiger partial charge in [-0.2, -0.15) is 0 Å². The molecule has 0 rings (SSSR count). The van der Waals surface area contributed by atoms with Crippen LogP contribution in [0.3, 0.4) is 0 Å². The Kier molecular flexibility index (Phi) is 2.27. The highest BCUT2D eigenvalue weighted by Gasteiger charge is 2.36. The van der Waals surface area contributed by atoms with Crippen molar-refractivity contribution < 1.29 is 14.7 Å². The zero-order valence-corrected chi connectivity index (χ0v) is 7.30. The van der Waals surface area contributed by atoms with Gasteiger partial charge in [0, 0.05) is 5.92 Å². The zero-order valence-electron chi connectivity index (χ0n) is 8.30. The summed E-state index contributed by atoms with van der Waals surface area (Å²) in [6.07, 6.45) is 0. The van der Waals surface area contributed by atoms with E-state index < -0.39 is 11.4 Å². The van der Waals surface area contributed by atoms with Gasteiger partial charge in [0.2, 0.25) is 0 Å². The number of rotatable bonds is 3. The van der Waals surface area contributed by atoms with Crippen LogP contribution in [0.4, 0.5) is 0 Å². The maximum atomic E-state index is 11.4. The molecule has 0 saturated heterocycles. The second-order valence-electron chi connectivity index (χ2n) is 3.43. The van der Waals surface area contributed by atoms with E-state index in [2.05, 4.69) is 5.11 Å². The first-order chi connectivity index (χ1) is 5.34. The molecular weight excluding hydrogens is 144 g/mol. The van der Waals surface area contributed by atoms with Crippen molar-refractivity contribution in [2.24, 2.45) is 11.3 Å². The highest BCUT2D eigenvalue weighted by molar-refractivity contribution is 6.02. The standard InChI is InChI=1S/C8H14O3/c1-5(2)6(9)8(3,4)7(10)11/h5H,1-4H3,(H,10,11)/i/hT. The lowest BCUT2D eigenvalue weighted by molar-refractivity contribution is -0.153. The zero-order chi connectivity index (χ0) is 9.94. The predicted molar refractivity (Wildman–Crippen MR) is 41.3 cm³/mol. The van der Waals surface area contributed by atoms with Gasteiger partial charge < -0.3 is 5.11 Å². The molecule has 0 heterocycles. The number of ketones is 1. The fourth-order valence-corrected chi connectivity index (χ4v) is 0.822. The molecule has 0 aliphatic rings. The Bertz CT molecular complexity index is 196. The van der Waals surface area contributed by atoms with E-state index in [-0.39, 0.29) is 11.7 Å². The summed E-state index contributed by atoms with van der Waals surface area (Å²) in [6.45, 7) is 6.35. The fourth-order valence-electron chi connectivity index (χ4n) is 0.822. The van der Waals surface area contributed by atoms with Crippen LogP contribution in [0.1, 0.15) is 27.7 Å². The van der Waals surface area contributed by atoms with Crippen LogP contribution in [0.15, 0.2) is 0 Å². The van der Waals surface area contributed by atoms with Crippen LogP contribution < -0.4 is 0 Å². The van der Waals surface area contributed by atoms with Crippen molar-refractivity contribution >= 4 is 11.8 Å². The SMILES string of the molecule is [3H]OC(=O)C(C)(C)C(=O)C(C)C. The second-order valence-corrected chi connectivity index (χ2v) is 3.43. The average molecular weight is 160 g/mol. The number of hydrogen-bond acceptors (Lipinski definition) is 3. The van der Waals surface area contributed by atoms with Gasteiger partial charge in [-0.05, 0) is 13.8 Å². The number of carbonyl (C=O) groups excluding carboxylic acids is 1. The van der Waals surface area contributed by atoms with Crippen LogP contribution in [0.5, 0.6) is 0 Å². The van der Waals surface area contributed by atoms with Gasteiger partial charge in [-0.15, -0.1) is 0 Å². The Balaban J connectivity index is 4.61. The van der Waals surface area contributed by atoms with E-state index in [9.17, 15) is 9.59 Å². The van der Waals surface area contributed by atoms with Gasteiger partial charge in [0.1, 0.15) is 5.41 Å². The molecule has 0 atom stereocenters. The lowest BCUT2D eigenvalue weighted by atomic mass is 9.83. The highest BCUT2D eigenvalue weighted by atomic mass is 16.4. The molecule has 0 spiro atoms. The predicted octanol–water partition coefficient (Wildman–Crippen LogP) is 1.32. The van der Waals surface area contributed by atoms with Gasteiger partial charge in [-0.1, -0.05) is 13.8 Å². The van der Waals surface area contributed by atoms with Gasteiger partial charge in [0.05, 0.1) is 0 Å². The van der Waals surface area contributed by atoms with Gasteiger partial charge in [-0.25, -0.2) is 0 Å². The van der Waals surface area contributed by atoms with Gasteiger partial charge in [0.15, 0.2) is 5.78 Å². The molecule has 0 aromatic heterocycles. The summed E-state index contributed by atoms with van der Waals surface area (Å²) < 4.78 is 6.40. The lowest BCUT2D eigenvalue weighted by Crippen LogP contribution is -2.36. The maximum Gasteiger partial charge on any atom is 0.316 e. The first-order valence-corrected chi connectivity index (χ1v) is 3.56. The third kappa shape index (κ3) is 2.03. The molecule has 3 nitrogen and oxygen atoms in total. The first-order valence-electron chi connectivity index (χ1n) is 3.96. The lowest BCUT2D eigenvalue weighted by Gasteiger charge is -2.19. The molecule has 3 heteroatoms. The van der Waals surface area contributed by atoms with E-state index in [1.807, 2.05) is 0 Å². The molecule has 1 N–H and O–H groups in total. The molecule has 0 bridgehead atoms. The van der Waals surface area contributed by atoms with Gasteiger partial charge in [0.25, 0.3) is 1.43 Å². The van der Waals surface area contributed by atoms with Crippen LogP contribution in [0.2, 0.25) is 0 Å². The minimum atomic E-state index is -1.20. The van der Waals surface area contributed by atoms with E-state index in [0.717, 1.165) is 0 Å². The third-order valence-corrected chi connectivity index (χ3v) is 1.65. The Labute approximate surface area is 67.9 Å². The second kappa shape index (κ2) is 3.03. The quantitative estimate of drug-likeness (QED) is 0.633. The number of Topliss-reactive ketones (excluding diaryl/α,β-unsaturated/α-hetero) is 1. The van der Waals surface area contributed by atoms with Crippen molar-refractivity contribution in [3.63, 3.8) is 0 Å². The van der Waals surface area contributed by atoms with E-state index >= 15 is 0 Å². The molecule has 0 fully saturated rings. The number of carboxylic acids is 1. The van der Waals surface area contributed by atoms with E-state index in [0.29, 0.717) is 0 Å². The third-order valence-electron chi connectivity index (χ3n) is 1.65. The number of carbonyl (C=O) groups is 2. The molecule has 0 radical (unpaired) electrons. The van der Waals surface area contributed by atoms with Crippen LogP contribution in [0, 0.1) is 11.3 Å². The minimum Gasteiger partial charge on any atom is -0.481 e. The van der Waals surface area contributed by atoms with Crippen LogP contribution in [0.25, 0.3) is 1.43 Å². The molecule has 64 valence electrons. The highest BCUT2D eigenvalue weighted by Crippen LogP contribution is 2.20. The molecule has 11 heavy (non-hydrogen) atoms. The first kappa shape index (κ1) is 8.24. The molecule has 0 amide bonds. The van der Waals surface area contributed by atoms with Crippen molar-refractivity contribution in [3.05, 3.63) is 0 Å². The van der Waals surface area contributed by atoms with E-state index in [4.69, 9.17) is 1.43 Å². The molecule has 0 saturated carbocycles. The number of aliphatic carboxylic acids is 1. The molecule has 0 aliphatic heterocycles. The van der Waals surface area contributed by atoms with Crippen molar-refractivity contribution in [3.8, 4) is 0 Å². The van der Waals surface area contributed by atoms with Gasteiger partial charge >= 0.3 is 5.97 Å². The van der Waals surface area contributed by atoms with Crippen molar-refractivity contribution in [1.82, 2.24) is 0 Å². The Morgan fingerprint density at radius 1 is 1.45 bits per heavy atom. The van der Waals surface area contributed by atoms with Crippen molar-refractivity contribution in [2.45, 2.75) is 27.7 Å². The number of hydrogen-bond donors (Lipinski definition) is 1. The monoisotopic (exact) mass is 160 g/mol. The molecule has 0 aromatic carbocycles. The summed E-state index contributed by atoms with van der Waals surface area (Å²) in [7, 11) is 0. The maximum absolute atomic E-state index is 11.4. The Morgan fingerprint density at radius 3 is 2.18 bits per heavy atom. The van der Waals surface area contributed by atoms with Crippen molar-refractivity contribution in [1.29, 1.82) is 1.43 Å². The summed E-state index contributed by atoms with van der Waals surface area (Å²) in [5, 5.41) is 3.78. The molecule has 0 unspecified atom stereocenters. The largest absolute Gasteiger partial charge is 0.481 e. The summed E-state index contributed by atoms with van der Waals surface area (Å²) in [4.78, 5) is 22.3. The van der Waals surface area contributed by atoms with Crippen LogP contribution in [-0.4, -0.2) is 16.9 Å². The van der Waals surface area contributed by atoms with E-state index in [1.54, 1.807) is 13.8 Å². The van der Waals surface area contributed by atoms with E-state index in [1.165, 1.54) is 13.8 Å². The molecular formula is C8H14O3. The van der Waals surface area contributed by atoms with Crippen LogP contribution in [-0.2, 0) is 9.59 Å². The Hall–Kier alpha value is -0.860. The summed E-state index contributed by atoms with van der Waals surface area (Å²) in [5.41, 5.74) is -1.20.